The van der Waals surface area contributed by atoms with Crippen molar-refractivity contribution in [1.29, 1.82) is 0 Å². The molecule has 0 aliphatic rings. The Morgan fingerprint density at radius 3 is 2.50 bits per heavy atom. The Hall–Kier alpha value is -3.47. The van der Waals surface area contributed by atoms with Crippen molar-refractivity contribution in [3.8, 4) is 0 Å². The van der Waals surface area contributed by atoms with Gasteiger partial charge in [-0.1, -0.05) is 42.5 Å². The highest BCUT2D eigenvalue weighted by molar-refractivity contribution is 6.06. The molecule has 0 atom stereocenters. The zero-order chi connectivity index (χ0) is 20.1. The van der Waals surface area contributed by atoms with Crippen molar-refractivity contribution < 1.29 is 9.59 Å². The van der Waals surface area contributed by atoms with Crippen LogP contribution >= 0.6 is 0 Å². The van der Waals surface area contributed by atoms with Crippen LogP contribution < -0.4 is 5.32 Å². The first kappa shape index (κ1) is 19.3. The van der Waals surface area contributed by atoms with Crippen molar-refractivity contribution in [3.63, 3.8) is 0 Å². The number of carbonyl (C=O) groups is 2. The third-order valence-corrected chi connectivity index (χ3v) is 4.49. The third kappa shape index (κ3) is 4.62. The number of carbonyl (C=O) groups excluding carboxylic acids is 2. The van der Waals surface area contributed by atoms with Crippen LogP contribution in [0, 0.1) is 13.8 Å². The minimum Gasteiger partial charge on any atom is -0.336 e. The van der Waals surface area contributed by atoms with E-state index in [0.29, 0.717) is 12.1 Å². The molecule has 0 fully saturated rings. The first-order chi connectivity index (χ1) is 13.4. The van der Waals surface area contributed by atoms with Crippen LogP contribution in [0.15, 0.2) is 66.9 Å². The largest absolute Gasteiger partial charge is 0.336 e. The van der Waals surface area contributed by atoms with E-state index in [9.17, 15) is 9.59 Å². The van der Waals surface area contributed by atoms with Crippen molar-refractivity contribution in [2.45, 2.75) is 20.4 Å². The van der Waals surface area contributed by atoms with Gasteiger partial charge in [0.15, 0.2) is 0 Å². The first-order valence-corrected chi connectivity index (χ1v) is 9.08. The van der Waals surface area contributed by atoms with Crippen LogP contribution in [0.3, 0.4) is 0 Å². The molecule has 3 rings (SSSR count). The number of benzene rings is 2. The lowest BCUT2D eigenvalue weighted by molar-refractivity contribution is 0.0779. The number of aryl methyl sites for hydroxylation is 2. The Labute approximate surface area is 165 Å². The normalized spacial score (nSPS) is 10.4. The van der Waals surface area contributed by atoms with Crippen LogP contribution in [0.2, 0.25) is 0 Å². The maximum Gasteiger partial charge on any atom is 0.272 e. The van der Waals surface area contributed by atoms with Crippen LogP contribution in [0.25, 0.3) is 0 Å². The van der Waals surface area contributed by atoms with Gasteiger partial charge in [0.1, 0.15) is 5.69 Å². The summed E-state index contributed by atoms with van der Waals surface area (Å²) in [4.78, 5) is 31.1. The highest BCUT2D eigenvalue weighted by atomic mass is 16.2. The lowest BCUT2D eigenvalue weighted by Gasteiger charge is -2.17. The Balaban J connectivity index is 1.74. The van der Waals surface area contributed by atoms with Gasteiger partial charge in [-0.25, -0.2) is 0 Å². The van der Waals surface area contributed by atoms with Crippen LogP contribution in [-0.2, 0) is 6.54 Å². The summed E-state index contributed by atoms with van der Waals surface area (Å²) in [5.74, 6) is -0.499. The number of rotatable bonds is 5. The fraction of sp³-hybridized carbons (Fsp3) is 0.174. The van der Waals surface area contributed by atoms with Crippen molar-refractivity contribution in [2.75, 3.05) is 12.4 Å². The van der Waals surface area contributed by atoms with E-state index < -0.39 is 0 Å². The number of nitrogens with zero attached hydrogens (tertiary/aromatic N) is 2. The van der Waals surface area contributed by atoms with E-state index in [-0.39, 0.29) is 17.5 Å². The third-order valence-electron chi connectivity index (χ3n) is 4.49. The Kier molecular flexibility index (Phi) is 5.84. The molecule has 0 bridgehead atoms. The number of hydrogen-bond donors (Lipinski definition) is 1. The molecule has 1 N–H and O–H groups in total. The molecular weight excluding hydrogens is 350 g/mol. The van der Waals surface area contributed by atoms with Crippen molar-refractivity contribution in [2.24, 2.45) is 0 Å². The fourth-order valence-electron chi connectivity index (χ4n) is 2.88. The van der Waals surface area contributed by atoms with E-state index in [4.69, 9.17) is 0 Å². The number of nitrogens with one attached hydrogen (secondary N) is 1. The van der Waals surface area contributed by atoms with Crippen molar-refractivity contribution in [1.82, 2.24) is 9.88 Å². The molecule has 2 amide bonds. The Morgan fingerprint density at radius 2 is 1.75 bits per heavy atom. The minimum atomic E-state index is -0.268. The maximum atomic E-state index is 12.7. The molecule has 0 saturated carbocycles. The van der Waals surface area contributed by atoms with Gasteiger partial charge in [0.05, 0.1) is 0 Å². The van der Waals surface area contributed by atoms with Gasteiger partial charge in [-0.05, 0) is 48.7 Å². The average Bonchev–Trinajstić information content (AvgIpc) is 2.71. The molecule has 5 nitrogen and oxygen atoms in total. The van der Waals surface area contributed by atoms with Crippen molar-refractivity contribution >= 4 is 17.5 Å². The van der Waals surface area contributed by atoms with E-state index in [0.717, 1.165) is 22.4 Å². The first-order valence-electron chi connectivity index (χ1n) is 9.08. The second-order valence-corrected chi connectivity index (χ2v) is 6.85. The van der Waals surface area contributed by atoms with E-state index in [2.05, 4.69) is 10.3 Å². The summed E-state index contributed by atoms with van der Waals surface area (Å²) >= 11 is 0. The molecule has 0 radical (unpaired) electrons. The number of anilines is 1. The summed E-state index contributed by atoms with van der Waals surface area (Å²) in [5, 5.41) is 2.91. The van der Waals surface area contributed by atoms with Gasteiger partial charge in [0.2, 0.25) is 0 Å². The van der Waals surface area contributed by atoms with E-state index in [1.165, 1.54) is 12.3 Å². The number of aromatic nitrogens is 1. The molecule has 0 aliphatic heterocycles. The van der Waals surface area contributed by atoms with Crippen molar-refractivity contribution in [3.05, 3.63) is 94.8 Å². The summed E-state index contributed by atoms with van der Waals surface area (Å²) in [7, 11) is 1.72. The highest BCUT2D eigenvalue weighted by Gasteiger charge is 2.16. The molecule has 1 aromatic heterocycles. The van der Waals surface area contributed by atoms with Crippen LogP contribution in [0.5, 0.6) is 0 Å². The summed E-state index contributed by atoms with van der Waals surface area (Å²) in [6.45, 7) is 4.39. The molecule has 142 valence electrons. The Morgan fingerprint density at radius 1 is 1.00 bits per heavy atom. The van der Waals surface area contributed by atoms with Gasteiger partial charge in [-0.2, -0.15) is 0 Å². The molecule has 0 spiro atoms. The molecule has 3 aromatic rings. The summed E-state index contributed by atoms with van der Waals surface area (Å²) in [5.41, 5.74) is 4.47. The van der Waals surface area contributed by atoms with E-state index >= 15 is 0 Å². The van der Waals surface area contributed by atoms with Crippen LogP contribution in [0.4, 0.5) is 5.69 Å². The molecule has 1 heterocycles. The van der Waals surface area contributed by atoms with Gasteiger partial charge in [0.25, 0.3) is 11.8 Å². The lowest BCUT2D eigenvalue weighted by Crippen LogP contribution is -2.27. The molecule has 0 aliphatic carbocycles. The minimum absolute atomic E-state index is 0.231. The summed E-state index contributed by atoms with van der Waals surface area (Å²) in [6.07, 6.45) is 1.49. The average molecular weight is 373 g/mol. The number of pyridine rings is 1. The summed E-state index contributed by atoms with van der Waals surface area (Å²) in [6, 6.07) is 18.8. The smallest absolute Gasteiger partial charge is 0.272 e. The highest BCUT2D eigenvalue weighted by Crippen LogP contribution is 2.18. The van der Waals surface area contributed by atoms with Gasteiger partial charge in [-0.15, -0.1) is 0 Å². The van der Waals surface area contributed by atoms with E-state index in [1.807, 2.05) is 62.4 Å². The topological polar surface area (TPSA) is 62.3 Å². The van der Waals surface area contributed by atoms with Gasteiger partial charge in [-0.3, -0.25) is 14.6 Å². The molecule has 0 unspecified atom stereocenters. The molecular formula is C23H23N3O2. The monoisotopic (exact) mass is 373 g/mol. The standard InChI is InChI=1S/C23H23N3O2/c1-16-9-10-17(2)20(13-16)25-22(27)19-11-12-24-21(14-19)23(28)26(3)15-18-7-5-4-6-8-18/h4-14H,15H2,1-3H3,(H,25,27). The predicted molar refractivity (Wildman–Crippen MR) is 110 cm³/mol. The molecule has 5 heteroatoms. The summed E-state index contributed by atoms with van der Waals surface area (Å²) < 4.78 is 0. The second kappa shape index (κ2) is 8.48. The van der Waals surface area contributed by atoms with E-state index in [1.54, 1.807) is 18.0 Å². The Bertz CT molecular complexity index is 1000. The number of hydrogen-bond acceptors (Lipinski definition) is 3. The predicted octanol–water partition coefficient (Wildman–Crippen LogP) is 4.22. The van der Waals surface area contributed by atoms with Gasteiger partial charge < -0.3 is 10.2 Å². The number of amides is 2. The molecule has 2 aromatic carbocycles. The molecule has 28 heavy (non-hydrogen) atoms. The molecule has 0 saturated heterocycles. The van der Waals surface area contributed by atoms with Gasteiger partial charge >= 0.3 is 0 Å². The lowest BCUT2D eigenvalue weighted by atomic mass is 10.1. The van der Waals surface area contributed by atoms with Gasteiger partial charge in [0, 0.05) is 31.0 Å². The van der Waals surface area contributed by atoms with Crippen LogP contribution in [-0.4, -0.2) is 28.7 Å². The maximum absolute atomic E-state index is 12.7. The zero-order valence-corrected chi connectivity index (χ0v) is 16.3. The quantitative estimate of drug-likeness (QED) is 0.728. The van der Waals surface area contributed by atoms with Crippen LogP contribution in [0.1, 0.15) is 37.5 Å². The fourth-order valence-corrected chi connectivity index (χ4v) is 2.88. The zero-order valence-electron chi connectivity index (χ0n) is 16.3. The second-order valence-electron chi connectivity index (χ2n) is 6.85. The SMILES string of the molecule is Cc1ccc(C)c(NC(=O)c2ccnc(C(=O)N(C)Cc3ccccc3)c2)c1.